The van der Waals surface area contributed by atoms with Gasteiger partial charge in [0.1, 0.15) is 5.58 Å². The summed E-state index contributed by atoms with van der Waals surface area (Å²) in [5, 5.41) is 1.14. The van der Waals surface area contributed by atoms with E-state index in [1.54, 1.807) is 6.26 Å². The summed E-state index contributed by atoms with van der Waals surface area (Å²) < 4.78 is 5.31. The van der Waals surface area contributed by atoms with Gasteiger partial charge in [-0.25, -0.2) is 0 Å². The van der Waals surface area contributed by atoms with Gasteiger partial charge in [0, 0.05) is 5.39 Å². The third-order valence-electron chi connectivity index (χ3n) is 2.43. The zero-order valence-corrected chi connectivity index (χ0v) is 7.08. The van der Waals surface area contributed by atoms with Gasteiger partial charge >= 0.3 is 0 Å². The molecule has 0 spiro atoms. The quantitative estimate of drug-likeness (QED) is 0.587. The maximum absolute atomic E-state index is 5.31. The monoisotopic (exact) mass is 168 g/mol. The lowest BCUT2D eigenvalue weighted by Gasteiger charge is -1.98. The fraction of sp³-hybridized carbons (Fsp3) is 0. The number of allylic oxidation sites excluding steroid dienone is 2. The Morgan fingerprint density at radius 1 is 1.15 bits per heavy atom. The average molecular weight is 168 g/mol. The summed E-state index contributed by atoms with van der Waals surface area (Å²) in [6, 6.07) is 6.15. The van der Waals surface area contributed by atoms with Crippen LogP contribution in [-0.2, 0) is 0 Å². The van der Waals surface area contributed by atoms with Crippen molar-refractivity contribution < 1.29 is 4.42 Å². The Balaban J connectivity index is 2.44. The molecule has 1 heterocycles. The molecular formula is C12H8O. The topological polar surface area (TPSA) is 13.1 Å². The first kappa shape index (κ1) is 6.72. The summed E-state index contributed by atoms with van der Waals surface area (Å²) >= 11 is 0. The van der Waals surface area contributed by atoms with Crippen LogP contribution >= 0.6 is 0 Å². The zero-order valence-electron chi connectivity index (χ0n) is 7.08. The lowest BCUT2D eigenvalue weighted by molar-refractivity contribution is 0.616. The normalized spacial score (nSPS) is 14.0. The van der Waals surface area contributed by atoms with E-state index in [0.29, 0.717) is 0 Å². The molecule has 1 aromatic carbocycles. The zero-order chi connectivity index (χ0) is 8.84. The smallest absolute Gasteiger partial charge is 0.134 e. The van der Waals surface area contributed by atoms with Crippen molar-refractivity contribution in [3.05, 3.63) is 48.2 Å². The van der Waals surface area contributed by atoms with Crippen molar-refractivity contribution >= 4 is 22.6 Å². The predicted molar refractivity (Wildman–Crippen MR) is 54.3 cm³/mol. The van der Waals surface area contributed by atoms with E-state index in [9.17, 15) is 0 Å². The molecule has 13 heavy (non-hydrogen) atoms. The summed E-state index contributed by atoms with van der Waals surface area (Å²) in [6.07, 6.45) is 5.81. The van der Waals surface area contributed by atoms with E-state index < -0.39 is 0 Å². The van der Waals surface area contributed by atoms with Gasteiger partial charge in [0.25, 0.3) is 0 Å². The SMILES string of the molecule is C=C1C=Cc2cc3occc3cc21. The van der Waals surface area contributed by atoms with Crippen LogP contribution in [0, 0.1) is 0 Å². The van der Waals surface area contributed by atoms with Gasteiger partial charge in [0.15, 0.2) is 0 Å². The van der Waals surface area contributed by atoms with Crippen LogP contribution in [0.4, 0.5) is 0 Å². The Morgan fingerprint density at radius 2 is 2.08 bits per heavy atom. The van der Waals surface area contributed by atoms with Crippen molar-refractivity contribution in [2.45, 2.75) is 0 Å². The highest BCUT2D eigenvalue weighted by Crippen LogP contribution is 2.31. The summed E-state index contributed by atoms with van der Waals surface area (Å²) in [5.74, 6) is 0. The van der Waals surface area contributed by atoms with Gasteiger partial charge in [-0.1, -0.05) is 18.7 Å². The number of rotatable bonds is 0. The van der Waals surface area contributed by atoms with Crippen molar-refractivity contribution in [3.8, 4) is 0 Å². The molecule has 1 heteroatoms. The first-order valence-electron chi connectivity index (χ1n) is 4.23. The molecule has 0 bridgehead atoms. The van der Waals surface area contributed by atoms with Crippen LogP contribution in [-0.4, -0.2) is 0 Å². The molecule has 0 saturated carbocycles. The number of furan rings is 1. The Labute approximate surface area is 76.0 Å². The average Bonchev–Trinajstić information content (AvgIpc) is 2.70. The molecule has 0 aliphatic heterocycles. The van der Waals surface area contributed by atoms with E-state index in [0.717, 1.165) is 16.5 Å². The fourth-order valence-corrected chi connectivity index (χ4v) is 1.72. The van der Waals surface area contributed by atoms with E-state index in [1.807, 2.05) is 12.1 Å². The van der Waals surface area contributed by atoms with E-state index in [2.05, 4.69) is 24.8 Å². The molecule has 1 nitrogen and oxygen atoms in total. The van der Waals surface area contributed by atoms with Crippen LogP contribution in [0.3, 0.4) is 0 Å². The molecule has 62 valence electrons. The standard InChI is InChI=1S/C12H8O/c1-8-2-3-9-7-12-10(4-5-13-12)6-11(8)9/h2-7H,1H2. The highest BCUT2D eigenvalue weighted by atomic mass is 16.3. The molecule has 0 atom stereocenters. The van der Waals surface area contributed by atoms with E-state index in [4.69, 9.17) is 4.42 Å². The molecule has 0 saturated heterocycles. The molecule has 0 radical (unpaired) electrons. The van der Waals surface area contributed by atoms with Crippen LogP contribution in [0.15, 0.2) is 41.5 Å². The summed E-state index contributed by atoms with van der Waals surface area (Å²) in [7, 11) is 0. The van der Waals surface area contributed by atoms with Gasteiger partial charge in [-0.05, 0) is 34.9 Å². The third kappa shape index (κ3) is 0.813. The maximum Gasteiger partial charge on any atom is 0.134 e. The van der Waals surface area contributed by atoms with Gasteiger partial charge in [-0.2, -0.15) is 0 Å². The summed E-state index contributed by atoms with van der Waals surface area (Å²) in [6.45, 7) is 3.97. The highest BCUT2D eigenvalue weighted by Gasteiger charge is 2.10. The fourth-order valence-electron chi connectivity index (χ4n) is 1.72. The van der Waals surface area contributed by atoms with Gasteiger partial charge in [-0.3, -0.25) is 0 Å². The molecule has 1 aliphatic carbocycles. The Morgan fingerprint density at radius 3 is 3.00 bits per heavy atom. The molecular weight excluding hydrogens is 160 g/mol. The van der Waals surface area contributed by atoms with Crippen LogP contribution < -0.4 is 0 Å². The minimum Gasteiger partial charge on any atom is -0.464 e. The minimum atomic E-state index is 0.943. The molecule has 0 fully saturated rings. The summed E-state index contributed by atoms with van der Waals surface area (Å²) in [5.41, 5.74) is 4.44. The second-order valence-corrected chi connectivity index (χ2v) is 3.26. The summed E-state index contributed by atoms with van der Waals surface area (Å²) in [4.78, 5) is 0. The molecule has 2 aromatic rings. The minimum absolute atomic E-state index is 0.943. The second-order valence-electron chi connectivity index (χ2n) is 3.26. The lowest BCUT2D eigenvalue weighted by atomic mass is 10.1. The van der Waals surface area contributed by atoms with Gasteiger partial charge in [0.2, 0.25) is 0 Å². The van der Waals surface area contributed by atoms with E-state index in [-0.39, 0.29) is 0 Å². The number of hydrogen-bond acceptors (Lipinski definition) is 1. The first-order valence-corrected chi connectivity index (χ1v) is 4.23. The van der Waals surface area contributed by atoms with Gasteiger partial charge in [0.05, 0.1) is 6.26 Å². The lowest BCUT2D eigenvalue weighted by Crippen LogP contribution is -1.78. The Hall–Kier alpha value is -1.76. The van der Waals surface area contributed by atoms with E-state index in [1.165, 1.54) is 11.1 Å². The molecule has 0 N–H and O–H groups in total. The highest BCUT2D eigenvalue weighted by molar-refractivity contribution is 5.95. The van der Waals surface area contributed by atoms with Crippen LogP contribution in [0.1, 0.15) is 11.1 Å². The number of fused-ring (bicyclic) bond motifs is 2. The predicted octanol–water partition coefficient (Wildman–Crippen LogP) is 3.47. The molecule has 0 unspecified atom stereocenters. The van der Waals surface area contributed by atoms with Gasteiger partial charge < -0.3 is 4.42 Å². The van der Waals surface area contributed by atoms with Crippen molar-refractivity contribution in [1.29, 1.82) is 0 Å². The van der Waals surface area contributed by atoms with E-state index >= 15 is 0 Å². The van der Waals surface area contributed by atoms with Crippen LogP contribution in [0.5, 0.6) is 0 Å². The number of benzene rings is 1. The second kappa shape index (κ2) is 2.13. The molecule has 3 rings (SSSR count). The molecule has 0 amide bonds. The third-order valence-corrected chi connectivity index (χ3v) is 2.43. The van der Waals surface area contributed by atoms with Crippen molar-refractivity contribution in [2.24, 2.45) is 0 Å². The Bertz CT molecular complexity index is 529. The van der Waals surface area contributed by atoms with Gasteiger partial charge in [-0.15, -0.1) is 0 Å². The largest absolute Gasteiger partial charge is 0.464 e. The maximum atomic E-state index is 5.31. The first-order chi connectivity index (χ1) is 6.34. The number of hydrogen-bond donors (Lipinski definition) is 0. The molecule has 1 aromatic heterocycles. The molecule has 1 aliphatic rings. The van der Waals surface area contributed by atoms with Crippen LogP contribution in [0.2, 0.25) is 0 Å². The Kier molecular flexibility index (Phi) is 1.10. The van der Waals surface area contributed by atoms with Crippen molar-refractivity contribution in [2.75, 3.05) is 0 Å². The van der Waals surface area contributed by atoms with Crippen LogP contribution in [0.25, 0.3) is 22.6 Å². The van der Waals surface area contributed by atoms with Crippen molar-refractivity contribution in [1.82, 2.24) is 0 Å². The van der Waals surface area contributed by atoms with Crippen molar-refractivity contribution in [3.63, 3.8) is 0 Å².